The first-order chi connectivity index (χ1) is 7.34. The molecular weight excluding hydrogens is 192 g/mol. The standard InChI is InChI=1S/C11H14N2O2/c14-11(10-6-2-1-3-7-10)12-8-4-5-9-13-15/h1-3,6-7H,4-5,8-9H2,(H,12,14). The summed E-state index contributed by atoms with van der Waals surface area (Å²) in [5, 5.41) is 5.52. The van der Waals surface area contributed by atoms with E-state index in [0.29, 0.717) is 18.7 Å². The number of amides is 1. The van der Waals surface area contributed by atoms with Gasteiger partial charge in [-0.1, -0.05) is 23.4 Å². The molecule has 0 aliphatic heterocycles. The Morgan fingerprint density at radius 3 is 2.60 bits per heavy atom. The van der Waals surface area contributed by atoms with Crippen molar-refractivity contribution < 1.29 is 4.79 Å². The molecule has 80 valence electrons. The topological polar surface area (TPSA) is 58.5 Å². The first kappa shape index (κ1) is 11.4. The van der Waals surface area contributed by atoms with Crippen LogP contribution in [0.1, 0.15) is 23.2 Å². The first-order valence-electron chi connectivity index (χ1n) is 4.97. The summed E-state index contributed by atoms with van der Waals surface area (Å²) in [7, 11) is 0. The summed E-state index contributed by atoms with van der Waals surface area (Å²) < 4.78 is 0. The minimum absolute atomic E-state index is 0.0744. The van der Waals surface area contributed by atoms with E-state index in [0.717, 1.165) is 12.8 Å². The highest BCUT2D eigenvalue weighted by molar-refractivity contribution is 5.94. The van der Waals surface area contributed by atoms with Crippen LogP contribution >= 0.6 is 0 Å². The van der Waals surface area contributed by atoms with Crippen LogP contribution in [-0.4, -0.2) is 19.0 Å². The molecule has 0 aliphatic carbocycles. The molecule has 0 spiro atoms. The van der Waals surface area contributed by atoms with Crippen LogP contribution in [0.5, 0.6) is 0 Å². The molecule has 1 rings (SSSR count). The maximum atomic E-state index is 11.5. The molecule has 0 unspecified atom stereocenters. The van der Waals surface area contributed by atoms with Crippen LogP contribution in [0.4, 0.5) is 0 Å². The molecule has 0 saturated carbocycles. The van der Waals surface area contributed by atoms with Gasteiger partial charge in [-0.2, -0.15) is 4.91 Å². The third kappa shape index (κ3) is 4.35. The third-order valence-electron chi connectivity index (χ3n) is 2.00. The molecule has 0 bridgehead atoms. The lowest BCUT2D eigenvalue weighted by Crippen LogP contribution is -2.24. The minimum atomic E-state index is -0.0744. The van der Waals surface area contributed by atoms with Crippen LogP contribution in [0.25, 0.3) is 0 Å². The molecule has 4 heteroatoms. The second-order valence-corrected chi connectivity index (χ2v) is 3.18. The zero-order valence-electron chi connectivity index (χ0n) is 8.48. The fraction of sp³-hybridized carbons (Fsp3) is 0.364. The van der Waals surface area contributed by atoms with Gasteiger partial charge in [-0.05, 0) is 25.0 Å². The van der Waals surface area contributed by atoms with Crippen LogP contribution in [0.15, 0.2) is 35.5 Å². The fourth-order valence-electron chi connectivity index (χ4n) is 1.19. The molecule has 4 nitrogen and oxygen atoms in total. The van der Waals surface area contributed by atoms with E-state index in [9.17, 15) is 9.70 Å². The Bertz CT molecular complexity index is 312. The number of hydrogen-bond donors (Lipinski definition) is 1. The first-order valence-corrected chi connectivity index (χ1v) is 4.97. The lowest BCUT2D eigenvalue weighted by Gasteiger charge is -2.03. The molecule has 15 heavy (non-hydrogen) atoms. The Morgan fingerprint density at radius 2 is 1.93 bits per heavy atom. The normalized spacial score (nSPS) is 9.60. The maximum Gasteiger partial charge on any atom is 0.251 e. The van der Waals surface area contributed by atoms with Gasteiger partial charge in [-0.25, -0.2) is 0 Å². The van der Waals surface area contributed by atoms with Gasteiger partial charge in [0.2, 0.25) is 0 Å². The molecule has 0 saturated heterocycles. The number of rotatable bonds is 6. The molecule has 0 atom stereocenters. The monoisotopic (exact) mass is 206 g/mol. The van der Waals surface area contributed by atoms with E-state index in [2.05, 4.69) is 10.5 Å². The lowest BCUT2D eigenvalue weighted by atomic mass is 10.2. The minimum Gasteiger partial charge on any atom is -0.352 e. The van der Waals surface area contributed by atoms with E-state index >= 15 is 0 Å². The van der Waals surface area contributed by atoms with Crippen molar-refractivity contribution in [3.05, 3.63) is 40.8 Å². The summed E-state index contributed by atoms with van der Waals surface area (Å²) in [5.74, 6) is -0.0744. The highest BCUT2D eigenvalue weighted by Gasteiger charge is 2.02. The van der Waals surface area contributed by atoms with Gasteiger partial charge in [0, 0.05) is 12.1 Å². The van der Waals surface area contributed by atoms with Gasteiger partial charge in [-0.3, -0.25) is 4.79 Å². The van der Waals surface area contributed by atoms with E-state index in [1.807, 2.05) is 18.2 Å². The zero-order chi connectivity index (χ0) is 10.9. The highest BCUT2D eigenvalue weighted by atomic mass is 16.3. The Hall–Kier alpha value is -1.71. The van der Waals surface area contributed by atoms with Crippen molar-refractivity contribution in [1.82, 2.24) is 5.32 Å². The van der Waals surface area contributed by atoms with Gasteiger partial charge in [0.05, 0.1) is 6.54 Å². The molecule has 0 radical (unpaired) electrons. The van der Waals surface area contributed by atoms with Gasteiger partial charge in [-0.15, -0.1) is 0 Å². The average molecular weight is 206 g/mol. The van der Waals surface area contributed by atoms with Crippen LogP contribution in [0.3, 0.4) is 0 Å². The number of nitrogens with zero attached hydrogens (tertiary/aromatic N) is 1. The van der Waals surface area contributed by atoms with Crippen molar-refractivity contribution in [3.63, 3.8) is 0 Å². The number of unbranched alkanes of at least 4 members (excludes halogenated alkanes) is 1. The summed E-state index contributed by atoms with van der Waals surface area (Å²) in [6, 6.07) is 9.05. The van der Waals surface area contributed by atoms with Crippen molar-refractivity contribution in [2.45, 2.75) is 12.8 Å². The molecule has 0 fully saturated rings. The van der Waals surface area contributed by atoms with Gasteiger partial charge in [0.1, 0.15) is 0 Å². The second-order valence-electron chi connectivity index (χ2n) is 3.18. The lowest BCUT2D eigenvalue weighted by molar-refractivity contribution is 0.0953. The second kappa shape index (κ2) is 6.70. The summed E-state index contributed by atoms with van der Waals surface area (Å²) in [6.45, 7) is 0.907. The van der Waals surface area contributed by atoms with E-state index in [-0.39, 0.29) is 5.91 Å². The smallest absolute Gasteiger partial charge is 0.251 e. The molecule has 1 aromatic rings. The Kier molecular flexibility index (Phi) is 5.08. The number of carbonyl (C=O) groups is 1. The predicted octanol–water partition coefficient (Wildman–Crippen LogP) is 1.96. The SMILES string of the molecule is O=NCCCCNC(=O)c1ccccc1. The summed E-state index contributed by atoms with van der Waals surface area (Å²) in [4.78, 5) is 21.3. The van der Waals surface area contributed by atoms with Gasteiger partial charge in [0.25, 0.3) is 5.91 Å². The molecule has 1 N–H and O–H groups in total. The predicted molar refractivity (Wildman–Crippen MR) is 58.7 cm³/mol. The number of nitrogens with one attached hydrogen (secondary N) is 1. The third-order valence-corrected chi connectivity index (χ3v) is 2.00. The number of nitroso groups, excluding NO2 is 1. The number of benzene rings is 1. The number of hydrogen-bond acceptors (Lipinski definition) is 3. The van der Waals surface area contributed by atoms with Crippen molar-refractivity contribution in [2.24, 2.45) is 5.18 Å². The van der Waals surface area contributed by atoms with Crippen LogP contribution in [0, 0.1) is 4.91 Å². The van der Waals surface area contributed by atoms with E-state index in [4.69, 9.17) is 0 Å². The van der Waals surface area contributed by atoms with Crippen molar-refractivity contribution in [3.8, 4) is 0 Å². The molecule has 0 heterocycles. The van der Waals surface area contributed by atoms with Crippen molar-refractivity contribution in [2.75, 3.05) is 13.1 Å². The van der Waals surface area contributed by atoms with Gasteiger partial charge in [0.15, 0.2) is 0 Å². The Labute approximate surface area is 88.7 Å². The summed E-state index contributed by atoms with van der Waals surface area (Å²) in [6.07, 6.45) is 1.50. The highest BCUT2D eigenvalue weighted by Crippen LogP contribution is 1.97. The van der Waals surface area contributed by atoms with E-state index in [1.165, 1.54) is 0 Å². The molecular formula is C11H14N2O2. The maximum absolute atomic E-state index is 11.5. The largest absolute Gasteiger partial charge is 0.352 e. The Balaban J connectivity index is 2.22. The van der Waals surface area contributed by atoms with E-state index in [1.54, 1.807) is 12.1 Å². The van der Waals surface area contributed by atoms with Crippen LogP contribution < -0.4 is 5.32 Å². The van der Waals surface area contributed by atoms with Gasteiger partial charge >= 0.3 is 0 Å². The number of carbonyl (C=O) groups excluding carboxylic acids is 1. The zero-order valence-corrected chi connectivity index (χ0v) is 8.48. The fourth-order valence-corrected chi connectivity index (χ4v) is 1.19. The summed E-state index contributed by atoms with van der Waals surface area (Å²) in [5.41, 5.74) is 0.658. The van der Waals surface area contributed by atoms with E-state index < -0.39 is 0 Å². The van der Waals surface area contributed by atoms with Crippen molar-refractivity contribution in [1.29, 1.82) is 0 Å². The summed E-state index contributed by atoms with van der Waals surface area (Å²) >= 11 is 0. The molecule has 0 aliphatic rings. The molecule has 0 aromatic heterocycles. The van der Waals surface area contributed by atoms with Crippen LogP contribution in [0.2, 0.25) is 0 Å². The average Bonchev–Trinajstić information content (AvgIpc) is 2.30. The van der Waals surface area contributed by atoms with Gasteiger partial charge < -0.3 is 5.32 Å². The molecule has 1 amide bonds. The Morgan fingerprint density at radius 1 is 1.20 bits per heavy atom. The quantitative estimate of drug-likeness (QED) is 0.571. The molecule has 1 aromatic carbocycles. The van der Waals surface area contributed by atoms with Crippen LogP contribution in [-0.2, 0) is 0 Å². The van der Waals surface area contributed by atoms with Crippen molar-refractivity contribution >= 4 is 5.91 Å².